The molecule has 0 atom stereocenters. The molecule has 0 bridgehead atoms. The summed E-state index contributed by atoms with van der Waals surface area (Å²) >= 11 is 0. The molecule has 2 aromatic rings. The molecule has 0 N–H and O–H groups in total. The van der Waals surface area contributed by atoms with E-state index in [0.717, 1.165) is 0 Å². The Kier molecular flexibility index (Phi) is 8.15. The minimum absolute atomic E-state index is 0.0143. The van der Waals surface area contributed by atoms with Crippen molar-refractivity contribution in [3.05, 3.63) is 47.5 Å². The highest BCUT2D eigenvalue weighted by atomic mass is 16.5. The second-order valence-electron chi connectivity index (χ2n) is 5.24. The average Bonchev–Trinajstić information content (AvgIpc) is 2.66. The molecule has 0 spiro atoms. The Bertz CT molecular complexity index is 701. The van der Waals surface area contributed by atoms with Crippen molar-refractivity contribution in [2.45, 2.75) is 13.8 Å². The van der Waals surface area contributed by atoms with Crippen molar-refractivity contribution < 1.29 is 28.5 Å². The van der Waals surface area contributed by atoms with Crippen LogP contribution in [0.4, 0.5) is 0 Å². The van der Waals surface area contributed by atoms with Crippen molar-refractivity contribution in [2.75, 3.05) is 28.4 Å². The predicted molar refractivity (Wildman–Crippen MR) is 99.1 cm³/mol. The average molecular weight is 360 g/mol. The van der Waals surface area contributed by atoms with Gasteiger partial charge in [-0.15, -0.1) is 0 Å². The van der Waals surface area contributed by atoms with Gasteiger partial charge in [-0.2, -0.15) is 0 Å². The molecule has 0 aliphatic heterocycles. The smallest absolute Gasteiger partial charge is 0.163 e. The van der Waals surface area contributed by atoms with Gasteiger partial charge in [0.2, 0.25) is 0 Å². The Hall–Kier alpha value is -3.02. The van der Waals surface area contributed by atoms with Gasteiger partial charge in [-0.1, -0.05) is 0 Å². The molecular formula is C20H24O6. The number of hydrogen-bond donors (Lipinski definition) is 0. The Morgan fingerprint density at radius 3 is 1.19 bits per heavy atom. The molecule has 0 saturated heterocycles. The van der Waals surface area contributed by atoms with E-state index in [4.69, 9.17) is 18.9 Å². The molecule has 6 nitrogen and oxygen atoms in total. The molecule has 0 aliphatic rings. The van der Waals surface area contributed by atoms with E-state index < -0.39 is 0 Å². The molecule has 2 rings (SSSR count). The molecular weight excluding hydrogens is 336 g/mol. The van der Waals surface area contributed by atoms with Crippen LogP contribution in [0.15, 0.2) is 36.4 Å². The SMILES string of the molecule is COc1ccc(C(C)=O)c(OC)c1.COc1ccc(C(C)=O)c(OC)c1. The van der Waals surface area contributed by atoms with Gasteiger partial charge in [-0.3, -0.25) is 9.59 Å². The summed E-state index contributed by atoms with van der Waals surface area (Å²) in [6.07, 6.45) is 0. The van der Waals surface area contributed by atoms with Crippen molar-refractivity contribution >= 4 is 11.6 Å². The second-order valence-corrected chi connectivity index (χ2v) is 5.24. The maximum absolute atomic E-state index is 11.1. The molecule has 2 aromatic carbocycles. The number of rotatable bonds is 6. The standard InChI is InChI=1S/2C10H12O3/c2*1-7(11)9-5-4-8(12-2)6-10(9)13-3/h2*4-6H,1-3H3. The highest BCUT2D eigenvalue weighted by Gasteiger charge is 2.09. The summed E-state index contributed by atoms with van der Waals surface area (Å²) in [6.45, 7) is 3.01. The fourth-order valence-corrected chi connectivity index (χ4v) is 2.18. The summed E-state index contributed by atoms with van der Waals surface area (Å²) in [5, 5.41) is 0. The summed E-state index contributed by atoms with van der Waals surface area (Å²) in [5.41, 5.74) is 1.15. The minimum atomic E-state index is -0.0143. The number of carbonyl (C=O) groups excluding carboxylic acids is 2. The van der Waals surface area contributed by atoms with Crippen LogP contribution in [-0.2, 0) is 0 Å². The van der Waals surface area contributed by atoms with Crippen LogP contribution >= 0.6 is 0 Å². The third-order valence-electron chi connectivity index (χ3n) is 3.58. The maximum atomic E-state index is 11.1. The summed E-state index contributed by atoms with van der Waals surface area (Å²) in [7, 11) is 6.20. The predicted octanol–water partition coefficient (Wildman–Crippen LogP) is 3.81. The van der Waals surface area contributed by atoms with E-state index in [9.17, 15) is 9.59 Å². The lowest BCUT2D eigenvalue weighted by atomic mass is 10.1. The normalized spacial score (nSPS) is 9.46. The topological polar surface area (TPSA) is 71.1 Å². The lowest BCUT2D eigenvalue weighted by molar-refractivity contribution is 0.100. The van der Waals surface area contributed by atoms with Gasteiger partial charge >= 0.3 is 0 Å². The number of ketones is 2. The zero-order valence-corrected chi connectivity index (χ0v) is 15.9. The van der Waals surface area contributed by atoms with Crippen molar-refractivity contribution in [1.82, 2.24) is 0 Å². The highest BCUT2D eigenvalue weighted by molar-refractivity contribution is 5.97. The number of methoxy groups -OCH3 is 4. The number of hydrogen-bond acceptors (Lipinski definition) is 6. The van der Waals surface area contributed by atoms with Crippen LogP contribution in [0, 0.1) is 0 Å². The monoisotopic (exact) mass is 360 g/mol. The van der Waals surface area contributed by atoms with E-state index in [1.165, 1.54) is 28.1 Å². The van der Waals surface area contributed by atoms with Crippen LogP contribution in [-0.4, -0.2) is 40.0 Å². The molecule has 0 unspecified atom stereocenters. The molecule has 0 heterocycles. The van der Waals surface area contributed by atoms with Crippen LogP contribution in [0.2, 0.25) is 0 Å². The van der Waals surface area contributed by atoms with Crippen molar-refractivity contribution in [3.63, 3.8) is 0 Å². The van der Waals surface area contributed by atoms with Crippen LogP contribution in [0.25, 0.3) is 0 Å². The lowest BCUT2D eigenvalue weighted by Gasteiger charge is -2.07. The first kappa shape index (κ1) is 21.0. The third-order valence-corrected chi connectivity index (χ3v) is 3.58. The zero-order valence-electron chi connectivity index (χ0n) is 15.9. The molecule has 0 saturated carbocycles. The van der Waals surface area contributed by atoms with Crippen molar-refractivity contribution in [3.8, 4) is 23.0 Å². The highest BCUT2D eigenvalue weighted by Crippen LogP contribution is 2.25. The third kappa shape index (κ3) is 5.51. The number of carbonyl (C=O) groups is 2. The number of benzene rings is 2. The molecule has 0 radical (unpaired) electrons. The first-order chi connectivity index (χ1) is 12.4. The van der Waals surface area contributed by atoms with Gasteiger partial charge in [0.25, 0.3) is 0 Å². The van der Waals surface area contributed by atoms with Gasteiger partial charge in [0.05, 0.1) is 39.6 Å². The van der Waals surface area contributed by atoms with Crippen LogP contribution < -0.4 is 18.9 Å². The molecule has 6 heteroatoms. The van der Waals surface area contributed by atoms with E-state index in [2.05, 4.69) is 0 Å². The van der Waals surface area contributed by atoms with E-state index in [1.54, 1.807) is 50.6 Å². The molecule has 26 heavy (non-hydrogen) atoms. The largest absolute Gasteiger partial charge is 0.497 e. The van der Waals surface area contributed by atoms with E-state index in [-0.39, 0.29) is 11.6 Å². The van der Waals surface area contributed by atoms with Gasteiger partial charge in [0.1, 0.15) is 23.0 Å². The summed E-state index contributed by atoms with van der Waals surface area (Å²) in [6, 6.07) is 10.2. The van der Waals surface area contributed by atoms with Gasteiger partial charge < -0.3 is 18.9 Å². The van der Waals surface area contributed by atoms with Gasteiger partial charge in [0.15, 0.2) is 11.6 Å². The first-order valence-corrected chi connectivity index (χ1v) is 7.83. The van der Waals surface area contributed by atoms with Crippen LogP contribution in [0.3, 0.4) is 0 Å². The molecule has 0 amide bonds. The Morgan fingerprint density at radius 2 is 0.962 bits per heavy atom. The molecule has 0 fully saturated rings. The van der Waals surface area contributed by atoms with Crippen molar-refractivity contribution in [1.29, 1.82) is 0 Å². The van der Waals surface area contributed by atoms with Gasteiger partial charge in [-0.25, -0.2) is 0 Å². The lowest BCUT2D eigenvalue weighted by Crippen LogP contribution is -1.97. The Labute approximate surface area is 153 Å². The zero-order chi connectivity index (χ0) is 19.7. The second kappa shape index (κ2) is 10.1. The minimum Gasteiger partial charge on any atom is -0.497 e. The summed E-state index contributed by atoms with van der Waals surface area (Å²) < 4.78 is 20.1. The first-order valence-electron chi connectivity index (χ1n) is 7.83. The Balaban J connectivity index is 0.000000260. The van der Waals surface area contributed by atoms with Crippen LogP contribution in [0.1, 0.15) is 34.6 Å². The van der Waals surface area contributed by atoms with Crippen LogP contribution in [0.5, 0.6) is 23.0 Å². The number of Topliss-reactive ketones (excluding diaryl/α,β-unsaturated/α-hetero) is 2. The molecule has 0 aromatic heterocycles. The van der Waals surface area contributed by atoms with E-state index in [0.29, 0.717) is 34.1 Å². The maximum Gasteiger partial charge on any atom is 0.163 e. The summed E-state index contributed by atoms with van der Waals surface area (Å²) in [5.74, 6) is 2.43. The van der Waals surface area contributed by atoms with Crippen molar-refractivity contribution in [2.24, 2.45) is 0 Å². The molecule has 140 valence electrons. The quantitative estimate of drug-likeness (QED) is 0.730. The molecule has 0 aliphatic carbocycles. The summed E-state index contributed by atoms with van der Waals surface area (Å²) in [4.78, 5) is 22.2. The fraction of sp³-hybridized carbons (Fsp3) is 0.300. The van der Waals surface area contributed by atoms with Gasteiger partial charge in [-0.05, 0) is 38.1 Å². The fourth-order valence-electron chi connectivity index (χ4n) is 2.18. The number of ether oxygens (including phenoxy) is 4. The Morgan fingerprint density at radius 1 is 0.615 bits per heavy atom. The van der Waals surface area contributed by atoms with E-state index in [1.807, 2.05) is 0 Å². The van der Waals surface area contributed by atoms with Gasteiger partial charge in [0, 0.05) is 12.1 Å². The van der Waals surface area contributed by atoms with E-state index >= 15 is 0 Å².